The van der Waals surface area contributed by atoms with Crippen molar-refractivity contribution in [2.75, 3.05) is 0 Å². The highest BCUT2D eigenvalue weighted by atomic mass is 35.5. The van der Waals surface area contributed by atoms with Crippen LogP contribution in [-0.4, -0.2) is 0 Å². The number of benzene rings is 5. The van der Waals surface area contributed by atoms with Crippen molar-refractivity contribution in [3.8, 4) is 11.5 Å². The maximum atomic E-state index is 6.39. The average molecular weight is 425 g/mol. The Labute approximate surface area is 186 Å². The molecule has 0 spiro atoms. The van der Waals surface area contributed by atoms with Crippen LogP contribution in [0.1, 0.15) is 11.1 Å². The lowest BCUT2D eigenvalue weighted by molar-refractivity contribution is 0.308. The number of fused-ring (bicyclic) bond motifs is 2. The maximum Gasteiger partial charge on any atom is 0.135 e. The molecule has 0 aliphatic rings. The van der Waals surface area contributed by atoms with Gasteiger partial charge in [-0.15, -0.1) is 0 Å². The van der Waals surface area contributed by atoms with Crippen LogP contribution in [-0.2, 0) is 13.2 Å². The van der Waals surface area contributed by atoms with Crippen LogP contribution in [0.25, 0.3) is 21.5 Å². The Morgan fingerprint density at radius 2 is 0.935 bits per heavy atom. The van der Waals surface area contributed by atoms with Gasteiger partial charge < -0.3 is 9.47 Å². The van der Waals surface area contributed by atoms with Crippen LogP contribution in [0.15, 0.2) is 103 Å². The van der Waals surface area contributed by atoms with Gasteiger partial charge in [-0.2, -0.15) is 0 Å². The Morgan fingerprint density at radius 1 is 0.484 bits per heavy atom. The van der Waals surface area contributed by atoms with Gasteiger partial charge in [-0.3, -0.25) is 0 Å². The van der Waals surface area contributed by atoms with E-state index in [2.05, 4.69) is 36.4 Å². The van der Waals surface area contributed by atoms with Gasteiger partial charge >= 0.3 is 0 Å². The number of halogens is 1. The van der Waals surface area contributed by atoms with E-state index in [1.54, 1.807) is 0 Å². The molecule has 0 N–H and O–H groups in total. The van der Waals surface area contributed by atoms with Gasteiger partial charge in [0.25, 0.3) is 0 Å². The second-order valence-corrected chi connectivity index (χ2v) is 7.88. The van der Waals surface area contributed by atoms with Gasteiger partial charge in [-0.25, -0.2) is 0 Å². The third-order valence-electron chi connectivity index (χ3n) is 5.34. The molecule has 0 aliphatic carbocycles. The summed E-state index contributed by atoms with van der Waals surface area (Å²) in [6.45, 7) is 0.976. The van der Waals surface area contributed by atoms with Crippen molar-refractivity contribution in [2.45, 2.75) is 13.2 Å². The van der Waals surface area contributed by atoms with E-state index in [-0.39, 0.29) is 0 Å². The van der Waals surface area contributed by atoms with E-state index in [9.17, 15) is 0 Å². The molecule has 0 atom stereocenters. The normalized spacial score (nSPS) is 11.0. The highest BCUT2D eigenvalue weighted by Gasteiger charge is 2.17. The Kier molecular flexibility index (Phi) is 5.47. The number of rotatable bonds is 6. The van der Waals surface area contributed by atoms with E-state index in [4.69, 9.17) is 21.1 Å². The molecule has 0 heterocycles. The van der Waals surface area contributed by atoms with Crippen LogP contribution in [0.4, 0.5) is 0 Å². The van der Waals surface area contributed by atoms with Crippen molar-refractivity contribution in [2.24, 2.45) is 0 Å². The SMILES string of the molecule is Clc1ccc2c(OCc3ccccc3)c3ccccc3c(OCc3ccccc3)c2c1. The zero-order valence-corrected chi connectivity index (χ0v) is 17.7. The fourth-order valence-corrected chi connectivity index (χ4v) is 4.01. The summed E-state index contributed by atoms with van der Waals surface area (Å²) in [4.78, 5) is 0. The molecule has 152 valence electrons. The van der Waals surface area contributed by atoms with Crippen LogP contribution >= 0.6 is 11.6 Å². The monoisotopic (exact) mass is 424 g/mol. The molecule has 2 nitrogen and oxygen atoms in total. The summed E-state index contributed by atoms with van der Waals surface area (Å²) in [6.07, 6.45) is 0. The minimum absolute atomic E-state index is 0.483. The van der Waals surface area contributed by atoms with Crippen molar-refractivity contribution in [3.63, 3.8) is 0 Å². The largest absolute Gasteiger partial charge is 0.488 e. The number of hydrogen-bond donors (Lipinski definition) is 0. The first-order valence-electron chi connectivity index (χ1n) is 10.3. The van der Waals surface area contributed by atoms with Gasteiger partial charge in [0.05, 0.1) is 0 Å². The second-order valence-electron chi connectivity index (χ2n) is 7.44. The molecule has 5 aromatic carbocycles. The standard InChI is InChI=1S/C28H21ClO2/c29-22-15-16-25-26(17-22)28(31-19-21-11-5-2-6-12-21)24-14-8-7-13-23(24)27(25)30-18-20-9-3-1-4-10-20/h1-17H,18-19H2. The molecule has 0 amide bonds. The highest BCUT2D eigenvalue weighted by Crippen LogP contribution is 2.44. The maximum absolute atomic E-state index is 6.39. The smallest absolute Gasteiger partial charge is 0.135 e. The highest BCUT2D eigenvalue weighted by molar-refractivity contribution is 6.31. The third-order valence-corrected chi connectivity index (χ3v) is 5.57. The van der Waals surface area contributed by atoms with E-state index in [0.717, 1.165) is 44.2 Å². The summed E-state index contributed by atoms with van der Waals surface area (Å²) in [5.41, 5.74) is 2.24. The minimum atomic E-state index is 0.483. The molecule has 0 saturated heterocycles. The van der Waals surface area contributed by atoms with Crippen LogP contribution in [0.5, 0.6) is 11.5 Å². The van der Waals surface area contributed by atoms with E-state index >= 15 is 0 Å². The van der Waals surface area contributed by atoms with Gasteiger partial charge in [0, 0.05) is 26.6 Å². The predicted molar refractivity (Wildman–Crippen MR) is 128 cm³/mol. The first kappa shape index (κ1) is 19.5. The van der Waals surface area contributed by atoms with Crippen molar-refractivity contribution in [3.05, 3.63) is 119 Å². The summed E-state index contributed by atoms with van der Waals surface area (Å²) in [7, 11) is 0. The molecule has 0 saturated carbocycles. The second kappa shape index (κ2) is 8.71. The summed E-state index contributed by atoms with van der Waals surface area (Å²) in [5, 5.41) is 4.64. The van der Waals surface area contributed by atoms with Crippen LogP contribution < -0.4 is 9.47 Å². The fraction of sp³-hybridized carbons (Fsp3) is 0.0714. The minimum Gasteiger partial charge on any atom is -0.488 e. The van der Waals surface area contributed by atoms with E-state index < -0.39 is 0 Å². The van der Waals surface area contributed by atoms with E-state index in [0.29, 0.717) is 18.2 Å². The van der Waals surface area contributed by atoms with E-state index in [1.807, 2.05) is 66.7 Å². The Morgan fingerprint density at radius 3 is 1.48 bits per heavy atom. The predicted octanol–water partition coefficient (Wildman–Crippen LogP) is 7.80. The molecule has 5 aromatic rings. The molecule has 0 fully saturated rings. The summed E-state index contributed by atoms with van der Waals surface area (Å²) in [6, 6.07) is 34.4. The Hall–Kier alpha value is -3.49. The van der Waals surface area contributed by atoms with Gasteiger partial charge in [0.1, 0.15) is 24.7 Å². The topological polar surface area (TPSA) is 18.5 Å². The lowest BCUT2D eigenvalue weighted by Crippen LogP contribution is -2.00. The lowest BCUT2D eigenvalue weighted by Gasteiger charge is -2.18. The first-order valence-corrected chi connectivity index (χ1v) is 10.6. The van der Waals surface area contributed by atoms with Crippen molar-refractivity contribution < 1.29 is 9.47 Å². The fourth-order valence-electron chi connectivity index (χ4n) is 3.84. The molecule has 5 rings (SSSR count). The van der Waals surface area contributed by atoms with Crippen molar-refractivity contribution in [1.82, 2.24) is 0 Å². The van der Waals surface area contributed by atoms with Gasteiger partial charge in [0.15, 0.2) is 0 Å². The lowest BCUT2D eigenvalue weighted by atomic mass is 10.0. The summed E-state index contributed by atoms with van der Waals surface area (Å²) >= 11 is 6.39. The Bertz CT molecular complexity index is 1330. The summed E-state index contributed by atoms with van der Waals surface area (Å²) in [5.74, 6) is 1.67. The van der Waals surface area contributed by atoms with Crippen molar-refractivity contribution >= 4 is 33.1 Å². The van der Waals surface area contributed by atoms with Gasteiger partial charge in [0.2, 0.25) is 0 Å². The quantitative estimate of drug-likeness (QED) is 0.259. The molecular weight excluding hydrogens is 404 g/mol. The number of ether oxygens (including phenoxy) is 2. The third kappa shape index (κ3) is 4.08. The van der Waals surface area contributed by atoms with Crippen LogP contribution in [0.3, 0.4) is 0 Å². The molecule has 0 unspecified atom stereocenters. The first-order chi connectivity index (χ1) is 15.3. The Balaban J connectivity index is 1.63. The molecular formula is C28H21ClO2. The molecule has 0 bridgehead atoms. The zero-order valence-electron chi connectivity index (χ0n) is 16.9. The molecule has 0 radical (unpaired) electrons. The molecule has 0 aliphatic heterocycles. The van der Waals surface area contributed by atoms with Crippen LogP contribution in [0, 0.1) is 0 Å². The molecule has 0 aromatic heterocycles. The van der Waals surface area contributed by atoms with E-state index in [1.165, 1.54) is 0 Å². The molecule has 3 heteroatoms. The number of hydrogen-bond acceptors (Lipinski definition) is 2. The zero-order chi connectivity index (χ0) is 21.0. The van der Waals surface area contributed by atoms with Gasteiger partial charge in [-0.05, 0) is 29.3 Å². The summed E-state index contributed by atoms with van der Waals surface area (Å²) < 4.78 is 12.8. The van der Waals surface area contributed by atoms with Crippen molar-refractivity contribution in [1.29, 1.82) is 0 Å². The average Bonchev–Trinajstić information content (AvgIpc) is 2.82. The van der Waals surface area contributed by atoms with Crippen LogP contribution in [0.2, 0.25) is 5.02 Å². The van der Waals surface area contributed by atoms with Gasteiger partial charge in [-0.1, -0.05) is 96.5 Å². The molecule has 31 heavy (non-hydrogen) atoms.